The van der Waals surface area contributed by atoms with Gasteiger partial charge in [-0.05, 0) is 48.4 Å². The predicted molar refractivity (Wildman–Crippen MR) is 150 cm³/mol. The molecular weight excluding hydrogens is 488 g/mol. The van der Waals surface area contributed by atoms with E-state index in [4.69, 9.17) is 21.7 Å². The first-order valence-electron chi connectivity index (χ1n) is 11.8. The number of hydrogen-bond donors (Lipinski definition) is 0. The fraction of sp³-hybridized carbons (Fsp3) is 0.172. The van der Waals surface area contributed by atoms with Crippen molar-refractivity contribution in [3.63, 3.8) is 0 Å². The van der Waals surface area contributed by atoms with Crippen molar-refractivity contribution in [1.82, 2.24) is 9.47 Å². The molecule has 1 saturated heterocycles. The lowest BCUT2D eigenvalue weighted by molar-refractivity contribution is -0.122. The molecule has 2 heterocycles. The Morgan fingerprint density at radius 2 is 1.69 bits per heavy atom. The lowest BCUT2D eigenvalue weighted by Crippen LogP contribution is -2.27. The Hall–Kier alpha value is -3.55. The zero-order valence-electron chi connectivity index (χ0n) is 19.9. The largest absolute Gasteiger partial charge is 0.497 e. The van der Waals surface area contributed by atoms with Crippen molar-refractivity contribution >= 4 is 51.2 Å². The third-order valence-electron chi connectivity index (χ3n) is 6.03. The molecule has 5 nitrogen and oxygen atoms in total. The summed E-state index contributed by atoms with van der Waals surface area (Å²) in [7, 11) is 1.64. The summed E-state index contributed by atoms with van der Waals surface area (Å²) in [6.07, 6.45) is 4.95. The molecule has 0 atom stereocenters. The van der Waals surface area contributed by atoms with Crippen LogP contribution in [0.25, 0.3) is 17.0 Å². The number of benzene rings is 3. The number of para-hydroxylation sites is 2. The first-order chi connectivity index (χ1) is 17.6. The van der Waals surface area contributed by atoms with Gasteiger partial charge in [-0.3, -0.25) is 9.69 Å². The number of aromatic nitrogens is 1. The van der Waals surface area contributed by atoms with Gasteiger partial charge in [0.05, 0.1) is 25.2 Å². The molecule has 182 valence electrons. The van der Waals surface area contributed by atoms with Gasteiger partial charge < -0.3 is 14.0 Å². The van der Waals surface area contributed by atoms with Crippen LogP contribution in [0.3, 0.4) is 0 Å². The molecule has 7 heteroatoms. The van der Waals surface area contributed by atoms with E-state index in [9.17, 15) is 4.79 Å². The van der Waals surface area contributed by atoms with Crippen LogP contribution in [-0.4, -0.2) is 33.4 Å². The maximum Gasteiger partial charge on any atom is 0.266 e. The zero-order chi connectivity index (χ0) is 24.9. The van der Waals surface area contributed by atoms with E-state index in [0.29, 0.717) is 22.4 Å². The standard InChI is InChI=1S/C29H26N2O3S2/c1-33-23-14-12-21(13-15-23)19-31-28(32)27(36-29(31)35)18-22-20-30(26-11-6-5-10-25(22)26)16-7-17-34-24-8-3-2-4-9-24/h2-6,8-15,18,20H,7,16-17,19H2,1H3/b27-18-. The Morgan fingerprint density at radius 3 is 2.47 bits per heavy atom. The third kappa shape index (κ3) is 5.32. The van der Waals surface area contributed by atoms with E-state index in [1.54, 1.807) is 12.0 Å². The maximum absolute atomic E-state index is 13.2. The van der Waals surface area contributed by atoms with E-state index < -0.39 is 0 Å². The Morgan fingerprint density at radius 1 is 0.944 bits per heavy atom. The Balaban J connectivity index is 1.31. The summed E-state index contributed by atoms with van der Waals surface area (Å²) in [5.41, 5.74) is 3.15. The highest BCUT2D eigenvalue weighted by Gasteiger charge is 2.32. The van der Waals surface area contributed by atoms with Gasteiger partial charge in [-0.1, -0.05) is 72.5 Å². The van der Waals surface area contributed by atoms with Gasteiger partial charge in [0.2, 0.25) is 0 Å². The summed E-state index contributed by atoms with van der Waals surface area (Å²) in [6.45, 7) is 1.89. The summed E-state index contributed by atoms with van der Waals surface area (Å²) < 4.78 is 13.9. The van der Waals surface area contributed by atoms with Gasteiger partial charge in [0.1, 0.15) is 15.8 Å². The fourth-order valence-corrected chi connectivity index (χ4v) is 5.45. The SMILES string of the molecule is COc1ccc(CN2C(=O)/C(=C/c3cn(CCCOc4ccccc4)c4ccccc34)SC2=S)cc1. The van der Waals surface area contributed by atoms with E-state index >= 15 is 0 Å². The number of ether oxygens (including phenoxy) is 2. The highest BCUT2D eigenvalue weighted by atomic mass is 32.2. The van der Waals surface area contributed by atoms with Crippen LogP contribution in [0, 0.1) is 0 Å². The quantitative estimate of drug-likeness (QED) is 0.145. The van der Waals surface area contributed by atoms with Crippen LogP contribution < -0.4 is 9.47 Å². The molecule has 0 unspecified atom stereocenters. The Bertz CT molecular complexity index is 1410. The summed E-state index contributed by atoms with van der Waals surface area (Å²) in [6, 6.07) is 25.8. The molecule has 36 heavy (non-hydrogen) atoms. The number of fused-ring (bicyclic) bond motifs is 1. The molecule has 5 rings (SSSR count). The molecule has 0 radical (unpaired) electrons. The normalized spacial score (nSPS) is 14.7. The van der Waals surface area contributed by atoms with Crippen LogP contribution in [0.5, 0.6) is 11.5 Å². The topological polar surface area (TPSA) is 43.7 Å². The van der Waals surface area contributed by atoms with E-state index in [2.05, 4.69) is 22.9 Å². The Labute approximate surface area is 220 Å². The van der Waals surface area contributed by atoms with Crippen molar-refractivity contribution in [2.45, 2.75) is 19.5 Å². The van der Waals surface area contributed by atoms with Gasteiger partial charge in [0, 0.05) is 29.2 Å². The second-order valence-corrected chi connectivity index (χ2v) is 10.1. The number of methoxy groups -OCH3 is 1. The predicted octanol–water partition coefficient (Wildman–Crippen LogP) is 6.52. The second-order valence-electron chi connectivity index (χ2n) is 8.43. The monoisotopic (exact) mass is 514 g/mol. The smallest absolute Gasteiger partial charge is 0.266 e. The molecular formula is C29H26N2O3S2. The second kappa shape index (κ2) is 11.0. The van der Waals surface area contributed by atoms with Crippen molar-refractivity contribution in [2.75, 3.05) is 13.7 Å². The summed E-state index contributed by atoms with van der Waals surface area (Å²) >= 11 is 6.91. The molecule has 0 N–H and O–H groups in total. The van der Waals surface area contributed by atoms with E-state index in [0.717, 1.165) is 46.5 Å². The first kappa shape index (κ1) is 24.2. The van der Waals surface area contributed by atoms with Crippen molar-refractivity contribution < 1.29 is 14.3 Å². The molecule has 1 fully saturated rings. The molecule has 0 spiro atoms. The lowest BCUT2D eigenvalue weighted by Gasteiger charge is -2.14. The molecule has 4 aromatic rings. The number of thiocarbonyl (C=S) groups is 1. The maximum atomic E-state index is 13.2. The summed E-state index contributed by atoms with van der Waals surface area (Å²) in [4.78, 5) is 15.5. The van der Waals surface area contributed by atoms with Gasteiger partial charge in [-0.15, -0.1) is 0 Å². The highest BCUT2D eigenvalue weighted by Crippen LogP contribution is 2.35. The number of thioether (sulfide) groups is 1. The molecule has 0 bridgehead atoms. The van der Waals surface area contributed by atoms with Crippen molar-refractivity contribution in [3.05, 3.63) is 101 Å². The minimum absolute atomic E-state index is 0.0612. The molecule has 1 aliphatic rings. The van der Waals surface area contributed by atoms with Crippen molar-refractivity contribution in [2.24, 2.45) is 0 Å². The molecule has 1 amide bonds. The number of nitrogens with zero attached hydrogens (tertiary/aromatic N) is 2. The number of carbonyl (C=O) groups is 1. The summed E-state index contributed by atoms with van der Waals surface area (Å²) in [5.74, 6) is 1.60. The van der Waals surface area contributed by atoms with E-state index in [-0.39, 0.29) is 5.91 Å². The molecule has 1 aliphatic heterocycles. The number of aryl methyl sites for hydroxylation is 1. The molecule has 1 aromatic heterocycles. The van der Waals surface area contributed by atoms with Gasteiger partial charge in [0.25, 0.3) is 5.91 Å². The van der Waals surface area contributed by atoms with Crippen LogP contribution in [0.1, 0.15) is 17.5 Å². The summed E-state index contributed by atoms with van der Waals surface area (Å²) in [5, 5.41) is 1.11. The number of hydrogen-bond acceptors (Lipinski definition) is 5. The van der Waals surface area contributed by atoms with Gasteiger partial charge in [0.15, 0.2) is 0 Å². The first-order valence-corrected chi connectivity index (χ1v) is 13.0. The van der Waals surface area contributed by atoms with Crippen LogP contribution in [0.15, 0.2) is 90.0 Å². The van der Waals surface area contributed by atoms with Crippen molar-refractivity contribution in [1.29, 1.82) is 0 Å². The average Bonchev–Trinajstić information content (AvgIpc) is 3.39. The van der Waals surface area contributed by atoms with Crippen LogP contribution in [-0.2, 0) is 17.9 Å². The minimum Gasteiger partial charge on any atom is -0.497 e. The highest BCUT2D eigenvalue weighted by molar-refractivity contribution is 8.26. The molecule has 3 aromatic carbocycles. The van der Waals surface area contributed by atoms with Gasteiger partial charge in [-0.25, -0.2) is 0 Å². The van der Waals surface area contributed by atoms with Crippen LogP contribution in [0.2, 0.25) is 0 Å². The van der Waals surface area contributed by atoms with Crippen LogP contribution in [0.4, 0.5) is 0 Å². The average molecular weight is 515 g/mol. The third-order valence-corrected chi connectivity index (χ3v) is 7.41. The lowest BCUT2D eigenvalue weighted by atomic mass is 10.1. The van der Waals surface area contributed by atoms with Gasteiger partial charge in [-0.2, -0.15) is 0 Å². The Kier molecular flexibility index (Phi) is 7.39. The fourth-order valence-electron chi connectivity index (χ4n) is 4.21. The minimum atomic E-state index is -0.0612. The van der Waals surface area contributed by atoms with Gasteiger partial charge >= 0.3 is 0 Å². The molecule has 0 aliphatic carbocycles. The number of carbonyl (C=O) groups excluding carboxylic acids is 1. The number of amides is 1. The van der Waals surface area contributed by atoms with E-state index in [1.165, 1.54) is 11.8 Å². The zero-order valence-corrected chi connectivity index (χ0v) is 21.6. The molecule has 0 saturated carbocycles. The van der Waals surface area contributed by atoms with Crippen molar-refractivity contribution in [3.8, 4) is 11.5 Å². The van der Waals surface area contributed by atoms with Crippen LogP contribution >= 0.6 is 24.0 Å². The van der Waals surface area contributed by atoms with E-state index in [1.807, 2.05) is 72.8 Å². The number of rotatable bonds is 9.